The van der Waals surface area contributed by atoms with Crippen molar-refractivity contribution in [1.29, 1.82) is 0 Å². The van der Waals surface area contributed by atoms with Crippen molar-refractivity contribution in [3.8, 4) is 0 Å². The largest absolute Gasteiger partial charge is 0.498 e. The minimum atomic E-state index is -0.315. The van der Waals surface area contributed by atoms with Gasteiger partial charge in [0.1, 0.15) is 0 Å². The van der Waals surface area contributed by atoms with Crippen LogP contribution in [0.5, 0.6) is 0 Å². The van der Waals surface area contributed by atoms with Crippen LogP contribution in [0.1, 0.15) is 47.5 Å². The summed E-state index contributed by atoms with van der Waals surface area (Å²) in [5.74, 6) is 0. The number of aromatic nitrogens is 2. The molecule has 3 heterocycles. The Balaban J connectivity index is 1.67. The van der Waals surface area contributed by atoms with Gasteiger partial charge in [0.05, 0.1) is 17.7 Å². The van der Waals surface area contributed by atoms with Crippen molar-refractivity contribution >= 4 is 12.6 Å². The number of hydrogen-bond donors (Lipinski definition) is 0. The number of rotatable bonds is 4. The Morgan fingerprint density at radius 2 is 1.95 bits per heavy atom. The highest BCUT2D eigenvalue weighted by Gasteiger charge is 2.52. The predicted octanol–water partition coefficient (Wildman–Crippen LogP) is 1.67. The minimum Gasteiger partial charge on any atom is -0.399 e. The van der Waals surface area contributed by atoms with Crippen LogP contribution < -0.4 is 5.46 Å². The van der Waals surface area contributed by atoms with E-state index >= 15 is 0 Å². The normalized spacial score (nSPS) is 27.7. The molecule has 5 nitrogen and oxygen atoms in total. The zero-order valence-corrected chi connectivity index (χ0v) is 14.5. The lowest BCUT2D eigenvalue weighted by atomic mass is 9.82. The second kappa shape index (κ2) is 5.66. The van der Waals surface area contributed by atoms with Crippen LogP contribution in [-0.4, -0.2) is 52.1 Å². The summed E-state index contributed by atoms with van der Waals surface area (Å²) in [4.78, 5) is 2.54. The van der Waals surface area contributed by atoms with E-state index in [-0.39, 0.29) is 18.3 Å². The summed E-state index contributed by atoms with van der Waals surface area (Å²) in [5, 5.41) is 4.52. The molecule has 1 atom stereocenters. The first-order chi connectivity index (χ1) is 10.3. The highest BCUT2D eigenvalue weighted by molar-refractivity contribution is 6.61. The van der Waals surface area contributed by atoms with E-state index in [1.165, 1.54) is 19.4 Å². The number of nitrogens with zero attached hydrogens (tertiary/aromatic N) is 3. The molecule has 0 unspecified atom stereocenters. The van der Waals surface area contributed by atoms with E-state index < -0.39 is 0 Å². The Kier molecular flexibility index (Phi) is 4.12. The molecule has 0 N–H and O–H groups in total. The molecule has 1 aromatic rings. The van der Waals surface area contributed by atoms with Gasteiger partial charge in [0.2, 0.25) is 0 Å². The van der Waals surface area contributed by atoms with E-state index in [1.807, 2.05) is 10.9 Å². The Morgan fingerprint density at radius 1 is 1.27 bits per heavy atom. The molecule has 0 radical (unpaired) electrons. The van der Waals surface area contributed by atoms with Gasteiger partial charge in [-0.15, -0.1) is 0 Å². The van der Waals surface area contributed by atoms with Gasteiger partial charge in [-0.25, -0.2) is 0 Å². The molecule has 0 aliphatic carbocycles. The van der Waals surface area contributed by atoms with Gasteiger partial charge in [-0.2, -0.15) is 5.10 Å². The van der Waals surface area contributed by atoms with Crippen molar-refractivity contribution in [2.45, 2.75) is 71.2 Å². The van der Waals surface area contributed by atoms with Gasteiger partial charge in [-0.1, -0.05) is 6.92 Å². The molecule has 122 valence electrons. The molecule has 0 aromatic carbocycles. The van der Waals surface area contributed by atoms with Crippen LogP contribution in [0.2, 0.25) is 0 Å². The van der Waals surface area contributed by atoms with Crippen LogP contribution in [0.15, 0.2) is 12.4 Å². The van der Waals surface area contributed by atoms with E-state index in [9.17, 15) is 0 Å². The summed E-state index contributed by atoms with van der Waals surface area (Å²) < 4.78 is 14.2. The van der Waals surface area contributed by atoms with Gasteiger partial charge in [0, 0.05) is 23.9 Å². The molecule has 0 amide bonds. The zero-order valence-electron chi connectivity index (χ0n) is 14.5. The molecule has 0 spiro atoms. The highest BCUT2D eigenvalue weighted by Crippen LogP contribution is 2.36. The maximum atomic E-state index is 6.09. The van der Waals surface area contributed by atoms with Crippen molar-refractivity contribution in [2.24, 2.45) is 0 Å². The van der Waals surface area contributed by atoms with Gasteiger partial charge >= 0.3 is 7.12 Å². The third-order valence-electron chi connectivity index (χ3n) is 5.48. The molecule has 1 aromatic heterocycles. The van der Waals surface area contributed by atoms with Gasteiger partial charge in [0.25, 0.3) is 0 Å². The molecule has 0 bridgehead atoms. The molecule has 2 aliphatic rings. The first-order valence-electron chi connectivity index (χ1n) is 8.44. The first-order valence-corrected chi connectivity index (χ1v) is 8.44. The van der Waals surface area contributed by atoms with E-state index in [0.29, 0.717) is 6.04 Å². The fourth-order valence-electron chi connectivity index (χ4n) is 3.31. The van der Waals surface area contributed by atoms with E-state index in [4.69, 9.17) is 9.31 Å². The summed E-state index contributed by atoms with van der Waals surface area (Å²) in [5.41, 5.74) is 0.411. The Morgan fingerprint density at radius 3 is 2.59 bits per heavy atom. The van der Waals surface area contributed by atoms with E-state index in [1.54, 1.807) is 0 Å². The topological polar surface area (TPSA) is 39.5 Å². The summed E-state index contributed by atoms with van der Waals surface area (Å²) in [6.45, 7) is 13.8. The highest BCUT2D eigenvalue weighted by atomic mass is 16.7. The number of likely N-dealkylation sites (N-methyl/N-ethyl adjacent to an activating group) is 1. The standard InChI is InChI=1S/C16H28BN3O2/c1-6-19-9-7-8-14(19)12-20-11-13(10-18-20)17-21-15(2,3)16(4,5)22-17/h10-11,14H,6-9,12H2,1-5H3/t14-/m1/s1. The van der Waals surface area contributed by atoms with Crippen molar-refractivity contribution in [1.82, 2.24) is 14.7 Å². The molecule has 6 heteroatoms. The summed E-state index contributed by atoms with van der Waals surface area (Å²) in [7, 11) is -0.315. The average Bonchev–Trinajstić information content (AvgIpc) is 3.10. The Labute approximate surface area is 134 Å². The fourth-order valence-corrected chi connectivity index (χ4v) is 3.31. The lowest BCUT2D eigenvalue weighted by Gasteiger charge is -2.32. The average molecular weight is 305 g/mol. The van der Waals surface area contributed by atoms with Crippen molar-refractivity contribution in [3.05, 3.63) is 12.4 Å². The molecule has 0 saturated carbocycles. The van der Waals surface area contributed by atoms with Crippen LogP contribution in [0, 0.1) is 0 Å². The molecule has 3 rings (SSSR count). The molecule has 2 fully saturated rings. The second-order valence-corrected chi connectivity index (χ2v) is 7.51. The summed E-state index contributed by atoms with van der Waals surface area (Å²) in [6.07, 6.45) is 6.52. The van der Waals surface area contributed by atoms with E-state index in [2.05, 4.69) is 50.8 Å². The second-order valence-electron chi connectivity index (χ2n) is 7.51. The third kappa shape index (κ3) is 2.84. The maximum absolute atomic E-state index is 6.09. The first kappa shape index (κ1) is 16.0. The Hall–Kier alpha value is -0.845. The van der Waals surface area contributed by atoms with Crippen LogP contribution in [0.3, 0.4) is 0 Å². The van der Waals surface area contributed by atoms with Gasteiger partial charge < -0.3 is 9.31 Å². The quantitative estimate of drug-likeness (QED) is 0.793. The molecular weight excluding hydrogens is 277 g/mol. The van der Waals surface area contributed by atoms with Gasteiger partial charge in [-0.05, 0) is 53.6 Å². The predicted molar refractivity (Wildman–Crippen MR) is 88.2 cm³/mol. The third-order valence-corrected chi connectivity index (χ3v) is 5.48. The molecule has 22 heavy (non-hydrogen) atoms. The maximum Gasteiger partial charge on any atom is 0.498 e. The minimum absolute atomic E-state index is 0.301. The summed E-state index contributed by atoms with van der Waals surface area (Å²) in [6, 6.07) is 0.607. The van der Waals surface area contributed by atoms with Gasteiger partial charge in [0.15, 0.2) is 0 Å². The van der Waals surface area contributed by atoms with E-state index in [0.717, 1.165) is 18.6 Å². The molecular formula is C16H28BN3O2. The van der Waals surface area contributed by atoms with Crippen LogP contribution in [0.4, 0.5) is 0 Å². The number of hydrogen-bond acceptors (Lipinski definition) is 4. The molecule has 2 saturated heterocycles. The van der Waals surface area contributed by atoms with Crippen molar-refractivity contribution in [3.63, 3.8) is 0 Å². The monoisotopic (exact) mass is 305 g/mol. The van der Waals surface area contributed by atoms with Crippen LogP contribution in [0.25, 0.3) is 0 Å². The van der Waals surface area contributed by atoms with Crippen LogP contribution >= 0.6 is 0 Å². The van der Waals surface area contributed by atoms with Gasteiger partial charge in [-0.3, -0.25) is 9.58 Å². The summed E-state index contributed by atoms with van der Waals surface area (Å²) >= 11 is 0. The lowest BCUT2D eigenvalue weighted by Crippen LogP contribution is -2.41. The SMILES string of the molecule is CCN1CCC[C@@H]1Cn1cc(B2OC(C)(C)C(C)(C)O2)cn1. The Bertz CT molecular complexity index is 513. The molecule has 2 aliphatic heterocycles. The smallest absolute Gasteiger partial charge is 0.399 e. The zero-order chi connectivity index (χ0) is 16.0. The van der Waals surface area contributed by atoms with Crippen molar-refractivity contribution in [2.75, 3.05) is 13.1 Å². The number of likely N-dealkylation sites (tertiary alicyclic amines) is 1. The van der Waals surface area contributed by atoms with Crippen molar-refractivity contribution < 1.29 is 9.31 Å². The fraction of sp³-hybridized carbons (Fsp3) is 0.812. The van der Waals surface area contributed by atoms with Crippen LogP contribution in [-0.2, 0) is 15.9 Å². The lowest BCUT2D eigenvalue weighted by molar-refractivity contribution is 0.00578.